The van der Waals surface area contributed by atoms with Crippen LogP contribution in [0, 0.1) is 9.97 Å². The van der Waals surface area contributed by atoms with Gasteiger partial charge in [-0.05, 0) is 5.56 Å². The van der Waals surface area contributed by atoms with Crippen LogP contribution >= 0.6 is 9.07 Å². The number of hydrogen-bond acceptors (Lipinski definition) is 1. The fourth-order valence-corrected chi connectivity index (χ4v) is 1.58. The van der Waals surface area contributed by atoms with Crippen molar-refractivity contribution in [3.8, 4) is 9.97 Å². The Morgan fingerprint density at radius 2 is 2.07 bits per heavy atom. The highest BCUT2D eigenvalue weighted by Gasteiger charge is 1.89. The fraction of sp³-hybridized carbons (Fsp3) is 0.273. The van der Waals surface area contributed by atoms with Gasteiger partial charge in [0.05, 0.1) is 13.2 Å². The molecule has 1 aromatic carbocycles. The minimum absolute atomic E-state index is 0.615. The van der Waals surface area contributed by atoms with Crippen LogP contribution in [0.2, 0.25) is 0 Å². The van der Waals surface area contributed by atoms with Crippen LogP contribution in [0.4, 0.5) is 0 Å². The molecule has 0 aromatic heterocycles. The van der Waals surface area contributed by atoms with Crippen molar-refractivity contribution in [1.29, 1.82) is 0 Å². The first-order valence-corrected chi connectivity index (χ1v) is 7.41. The molecule has 0 fully saturated rings. The van der Waals surface area contributed by atoms with E-state index >= 15 is 0 Å². The molecular weight excluding hydrogens is 208 g/mol. The molecule has 1 rings (SSSR count). The third-order valence-corrected chi connectivity index (χ3v) is 2.46. The van der Waals surface area contributed by atoms with E-state index in [1.165, 1.54) is 5.56 Å². The van der Waals surface area contributed by atoms with Crippen molar-refractivity contribution >= 4 is 28.3 Å². The third-order valence-electron chi connectivity index (χ3n) is 1.67. The Balaban J connectivity index is 2.10. The van der Waals surface area contributed by atoms with Gasteiger partial charge in [-0.15, -0.1) is 5.92 Å². The maximum Gasteiger partial charge on any atom is 0.598 e. The first-order chi connectivity index (χ1) is 6.93. The van der Waals surface area contributed by atoms with Gasteiger partial charge < -0.3 is 13.8 Å². The highest BCUT2D eigenvalue weighted by molar-refractivity contribution is 6.98. The lowest BCUT2D eigenvalue weighted by Crippen LogP contribution is -1.94. The quantitative estimate of drug-likeness (QED) is 0.429. The summed E-state index contributed by atoms with van der Waals surface area (Å²) in [5.74, 6) is 2.98. The molecule has 0 amide bonds. The van der Waals surface area contributed by atoms with E-state index in [2.05, 4.69) is 22.1 Å². The highest BCUT2D eigenvalue weighted by Crippen LogP contribution is 2.00. The Bertz CT molecular complexity index is 302. The van der Waals surface area contributed by atoms with Gasteiger partial charge in [0.15, 0.2) is 0 Å². The molecule has 1 aromatic rings. The number of benzene rings is 1. The van der Waals surface area contributed by atoms with Crippen LogP contribution in [0.5, 0.6) is 0 Å². The van der Waals surface area contributed by atoms with Crippen LogP contribution < -0.4 is 0 Å². The predicted octanol–water partition coefficient (Wildman–Crippen LogP) is 2.41. The molecule has 0 saturated heterocycles. The van der Waals surface area contributed by atoms with Crippen LogP contribution in [-0.4, -0.2) is 25.9 Å². The van der Waals surface area contributed by atoms with E-state index < -0.39 is 19.3 Å². The normalized spacial score (nSPS) is 8.64. The van der Waals surface area contributed by atoms with E-state index in [0.29, 0.717) is 13.2 Å². The molecule has 0 saturated carbocycles. The smallest absolute Gasteiger partial charge is 0.376 e. The van der Waals surface area contributed by atoms with Crippen LogP contribution in [0.25, 0.3) is 0 Å². The first kappa shape index (κ1) is 11.9. The maximum absolute atomic E-state index is 5.53. The molecule has 0 radical (unpaired) electrons. The second-order valence-electron chi connectivity index (χ2n) is 2.78. The van der Waals surface area contributed by atoms with E-state index in [1.807, 2.05) is 18.2 Å². The van der Waals surface area contributed by atoms with Gasteiger partial charge in [-0.3, -0.25) is 0 Å². The minimum Gasteiger partial charge on any atom is -0.376 e. The summed E-state index contributed by atoms with van der Waals surface area (Å²) in [5, 5.41) is 0. The number of rotatable bonds is 4. The number of hydrogen-bond donors (Lipinski definition) is 0. The standard InChI is InChI=1S/C11H11O.ClH.Mg/c1-2-3-9-12-10-11-7-5-4-6-8-11;;/h4-8H,3,9-10H2;1H;/q;;+1/p-1. The lowest BCUT2D eigenvalue weighted by Gasteiger charge is -2.00. The van der Waals surface area contributed by atoms with E-state index in [-0.39, 0.29) is 0 Å². The summed E-state index contributed by atoms with van der Waals surface area (Å²) in [5.41, 5.74) is 1.20. The fourth-order valence-electron chi connectivity index (χ4n) is 1.02. The summed E-state index contributed by atoms with van der Waals surface area (Å²) in [4.78, 5) is 0. The molecular formula is C11H11ClMgO. The molecule has 0 bridgehead atoms. The lowest BCUT2D eigenvalue weighted by atomic mass is 10.2. The highest BCUT2D eigenvalue weighted by atomic mass is 35.5. The van der Waals surface area contributed by atoms with Crippen molar-refractivity contribution in [2.24, 2.45) is 0 Å². The molecule has 0 N–H and O–H groups in total. The van der Waals surface area contributed by atoms with Gasteiger partial charge in [0.25, 0.3) is 0 Å². The lowest BCUT2D eigenvalue weighted by molar-refractivity contribution is 0.126. The van der Waals surface area contributed by atoms with Crippen molar-refractivity contribution in [3.63, 3.8) is 0 Å². The molecule has 14 heavy (non-hydrogen) atoms. The van der Waals surface area contributed by atoms with Crippen molar-refractivity contribution in [1.82, 2.24) is 0 Å². The minimum atomic E-state index is -0.615. The van der Waals surface area contributed by atoms with Gasteiger partial charge in [-0.2, -0.15) is 0 Å². The van der Waals surface area contributed by atoms with Gasteiger partial charge in [-0.25, -0.2) is 4.05 Å². The number of halogens is 1. The largest absolute Gasteiger partial charge is 0.598 e. The van der Waals surface area contributed by atoms with Gasteiger partial charge in [0.2, 0.25) is 0 Å². The van der Waals surface area contributed by atoms with Gasteiger partial charge in [0, 0.05) is 6.42 Å². The summed E-state index contributed by atoms with van der Waals surface area (Å²) in [6.07, 6.45) is 0.784. The Kier molecular flexibility index (Phi) is 6.90. The Hall–Kier alpha value is -0.204. The van der Waals surface area contributed by atoms with E-state index in [4.69, 9.17) is 13.8 Å². The zero-order valence-electron chi connectivity index (χ0n) is 8.00. The summed E-state index contributed by atoms with van der Waals surface area (Å²) in [7, 11) is 5.53. The van der Waals surface area contributed by atoms with Crippen molar-refractivity contribution in [2.45, 2.75) is 13.0 Å². The molecule has 3 heteroatoms. The van der Waals surface area contributed by atoms with Crippen LogP contribution in [0.15, 0.2) is 30.3 Å². The molecule has 0 aliphatic heterocycles. The van der Waals surface area contributed by atoms with Gasteiger partial charge >= 0.3 is 19.3 Å². The average molecular weight is 219 g/mol. The predicted molar refractivity (Wildman–Crippen MR) is 60.1 cm³/mol. The van der Waals surface area contributed by atoms with Crippen molar-refractivity contribution in [3.05, 3.63) is 35.9 Å². The molecule has 0 unspecified atom stereocenters. The second-order valence-corrected chi connectivity index (χ2v) is 4.20. The monoisotopic (exact) mass is 218 g/mol. The molecule has 0 aliphatic carbocycles. The Morgan fingerprint density at radius 1 is 1.29 bits per heavy atom. The van der Waals surface area contributed by atoms with Gasteiger partial charge in [0.1, 0.15) is 0 Å². The maximum atomic E-state index is 5.53. The van der Waals surface area contributed by atoms with Crippen LogP contribution in [0.3, 0.4) is 0 Å². The molecule has 0 aliphatic rings. The molecule has 0 spiro atoms. The van der Waals surface area contributed by atoms with Crippen molar-refractivity contribution in [2.75, 3.05) is 6.61 Å². The summed E-state index contributed by atoms with van der Waals surface area (Å²) in [6, 6.07) is 10.1. The third kappa shape index (κ3) is 5.51. The molecule has 70 valence electrons. The summed E-state index contributed by atoms with van der Waals surface area (Å²) < 4.78 is 8.36. The molecule has 1 nitrogen and oxygen atoms in total. The van der Waals surface area contributed by atoms with E-state index in [9.17, 15) is 0 Å². The summed E-state index contributed by atoms with van der Waals surface area (Å²) in [6.45, 7) is 1.36. The van der Waals surface area contributed by atoms with Crippen molar-refractivity contribution < 1.29 is 4.74 Å². The first-order valence-electron chi connectivity index (χ1n) is 4.57. The zero-order chi connectivity index (χ0) is 10.1. The summed E-state index contributed by atoms with van der Waals surface area (Å²) >= 11 is -0.615. The SMILES string of the molecule is [Cl][Mg][C]#CCCOCc1ccccc1. The van der Waals surface area contributed by atoms with Crippen LogP contribution in [-0.2, 0) is 11.3 Å². The molecule has 0 heterocycles. The van der Waals surface area contributed by atoms with Crippen LogP contribution in [0.1, 0.15) is 12.0 Å². The van der Waals surface area contributed by atoms with E-state index in [1.54, 1.807) is 0 Å². The van der Waals surface area contributed by atoms with Gasteiger partial charge in [-0.1, -0.05) is 30.3 Å². The molecule has 0 atom stereocenters. The Morgan fingerprint density at radius 3 is 2.79 bits per heavy atom. The topological polar surface area (TPSA) is 9.23 Å². The zero-order valence-corrected chi connectivity index (χ0v) is 10.2. The number of ether oxygens (including phenoxy) is 1. The average Bonchev–Trinajstić information content (AvgIpc) is 2.25. The second kappa shape index (κ2) is 8.13. The Labute approximate surface area is 98.3 Å². The van der Waals surface area contributed by atoms with E-state index in [0.717, 1.165) is 6.42 Å².